The highest BCUT2D eigenvalue weighted by molar-refractivity contribution is 8.02. The van der Waals surface area contributed by atoms with Gasteiger partial charge >= 0.3 is 5.97 Å². The molecule has 14 heavy (non-hydrogen) atoms. The third kappa shape index (κ3) is 4.18. The minimum atomic E-state index is -0.263. The van der Waals surface area contributed by atoms with Gasteiger partial charge in [0, 0.05) is 11.3 Å². The lowest BCUT2D eigenvalue weighted by Gasteiger charge is -2.24. The van der Waals surface area contributed by atoms with E-state index in [0.29, 0.717) is 5.25 Å². The van der Waals surface area contributed by atoms with Crippen LogP contribution >= 0.6 is 11.8 Å². The summed E-state index contributed by atoms with van der Waals surface area (Å²) in [6.07, 6.45) is 6.74. The molecule has 1 aliphatic carbocycles. The molecule has 0 spiro atoms. The summed E-state index contributed by atoms with van der Waals surface area (Å²) in [4.78, 5) is 10.8. The number of hydrogen-bond donors (Lipinski definition) is 0. The first-order chi connectivity index (χ1) is 6.72. The Labute approximate surface area is 90.1 Å². The highest BCUT2D eigenvalue weighted by atomic mass is 32.2. The normalized spacial score (nSPS) is 27.9. The van der Waals surface area contributed by atoms with Crippen LogP contribution in [0.3, 0.4) is 0 Å². The van der Waals surface area contributed by atoms with Crippen LogP contribution in [0.25, 0.3) is 0 Å². The van der Waals surface area contributed by atoms with Crippen LogP contribution in [0.4, 0.5) is 0 Å². The van der Waals surface area contributed by atoms with Gasteiger partial charge in [0.05, 0.1) is 7.11 Å². The Hall–Kier alpha value is -0.440. The van der Waals surface area contributed by atoms with Gasteiger partial charge in [-0.3, -0.25) is 0 Å². The lowest BCUT2D eigenvalue weighted by Crippen LogP contribution is -2.14. The van der Waals surface area contributed by atoms with Crippen molar-refractivity contribution in [1.29, 1.82) is 0 Å². The van der Waals surface area contributed by atoms with E-state index in [-0.39, 0.29) is 5.97 Å². The lowest BCUT2D eigenvalue weighted by molar-refractivity contribution is -0.134. The van der Waals surface area contributed by atoms with E-state index in [0.717, 1.165) is 5.92 Å². The third-order valence-corrected chi connectivity index (χ3v) is 3.67. The van der Waals surface area contributed by atoms with Crippen molar-refractivity contribution in [3.8, 4) is 0 Å². The van der Waals surface area contributed by atoms with Gasteiger partial charge in [-0.2, -0.15) is 0 Å². The second-order valence-electron chi connectivity index (χ2n) is 3.86. The molecule has 2 nitrogen and oxygen atoms in total. The largest absolute Gasteiger partial charge is 0.466 e. The number of carbonyl (C=O) groups excluding carboxylic acids is 1. The smallest absolute Gasteiger partial charge is 0.330 e. The molecule has 3 heteroatoms. The molecule has 1 aliphatic rings. The van der Waals surface area contributed by atoms with Crippen molar-refractivity contribution in [1.82, 2.24) is 0 Å². The molecule has 0 radical (unpaired) electrons. The van der Waals surface area contributed by atoms with Crippen LogP contribution in [0.15, 0.2) is 11.5 Å². The fourth-order valence-electron chi connectivity index (χ4n) is 1.78. The number of esters is 1. The van der Waals surface area contributed by atoms with Gasteiger partial charge in [-0.15, -0.1) is 11.8 Å². The zero-order chi connectivity index (χ0) is 10.4. The molecule has 0 aromatic carbocycles. The van der Waals surface area contributed by atoms with Crippen LogP contribution < -0.4 is 0 Å². The van der Waals surface area contributed by atoms with Gasteiger partial charge in [-0.25, -0.2) is 4.79 Å². The summed E-state index contributed by atoms with van der Waals surface area (Å²) in [6, 6.07) is 0. The van der Waals surface area contributed by atoms with Gasteiger partial charge in [-0.1, -0.05) is 19.8 Å². The topological polar surface area (TPSA) is 26.3 Å². The minimum Gasteiger partial charge on any atom is -0.466 e. The Morgan fingerprint density at radius 1 is 1.50 bits per heavy atom. The summed E-state index contributed by atoms with van der Waals surface area (Å²) in [5.41, 5.74) is 0. The van der Waals surface area contributed by atoms with Crippen LogP contribution in [-0.4, -0.2) is 18.3 Å². The number of carbonyl (C=O) groups is 1. The van der Waals surface area contributed by atoms with E-state index in [2.05, 4.69) is 11.7 Å². The third-order valence-electron chi connectivity index (χ3n) is 2.56. The van der Waals surface area contributed by atoms with Crippen LogP contribution in [-0.2, 0) is 9.53 Å². The van der Waals surface area contributed by atoms with Crippen molar-refractivity contribution in [3.63, 3.8) is 0 Å². The maximum absolute atomic E-state index is 10.8. The zero-order valence-electron chi connectivity index (χ0n) is 8.86. The Morgan fingerprint density at radius 2 is 2.29 bits per heavy atom. The molecule has 0 aliphatic heterocycles. The molecule has 2 atom stereocenters. The molecule has 0 N–H and O–H groups in total. The Balaban J connectivity index is 2.23. The molecule has 1 rings (SSSR count). The molecule has 1 fully saturated rings. The SMILES string of the molecule is COC(=O)C=CSC1CCCC(C)C1. The van der Waals surface area contributed by atoms with Crippen molar-refractivity contribution in [2.45, 2.75) is 37.9 Å². The highest BCUT2D eigenvalue weighted by Gasteiger charge is 2.17. The van der Waals surface area contributed by atoms with Crippen LogP contribution in [0.1, 0.15) is 32.6 Å². The predicted molar refractivity (Wildman–Crippen MR) is 60.2 cm³/mol. The fraction of sp³-hybridized carbons (Fsp3) is 0.727. The molecular weight excluding hydrogens is 196 g/mol. The second kappa shape index (κ2) is 6.12. The molecule has 2 unspecified atom stereocenters. The van der Waals surface area contributed by atoms with E-state index in [9.17, 15) is 4.79 Å². The summed E-state index contributed by atoms with van der Waals surface area (Å²) in [7, 11) is 1.40. The van der Waals surface area contributed by atoms with E-state index in [4.69, 9.17) is 0 Å². The predicted octanol–water partition coefficient (Wildman–Crippen LogP) is 2.99. The molecule has 0 bridgehead atoms. The maximum Gasteiger partial charge on any atom is 0.330 e. The van der Waals surface area contributed by atoms with Crippen LogP contribution in [0.2, 0.25) is 0 Å². The molecule has 1 saturated carbocycles. The lowest BCUT2D eigenvalue weighted by atomic mass is 9.91. The van der Waals surface area contributed by atoms with Gasteiger partial charge in [0.15, 0.2) is 0 Å². The van der Waals surface area contributed by atoms with E-state index in [1.165, 1.54) is 38.9 Å². The summed E-state index contributed by atoms with van der Waals surface area (Å²) in [5, 5.41) is 2.56. The minimum absolute atomic E-state index is 0.263. The Kier molecular flexibility index (Phi) is 5.09. The van der Waals surface area contributed by atoms with Crippen molar-refractivity contribution in [2.75, 3.05) is 7.11 Å². The van der Waals surface area contributed by atoms with Gasteiger partial charge in [0.2, 0.25) is 0 Å². The van der Waals surface area contributed by atoms with Crippen LogP contribution in [0, 0.1) is 5.92 Å². The highest BCUT2D eigenvalue weighted by Crippen LogP contribution is 2.32. The summed E-state index contributed by atoms with van der Waals surface area (Å²) in [5.74, 6) is 0.578. The van der Waals surface area contributed by atoms with Crippen molar-refractivity contribution < 1.29 is 9.53 Å². The van der Waals surface area contributed by atoms with Crippen molar-refractivity contribution in [3.05, 3.63) is 11.5 Å². The number of hydrogen-bond acceptors (Lipinski definition) is 3. The first-order valence-corrected chi connectivity index (χ1v) is 6.06. The quantitative estimate of drug-likeness (QED) is 0.533. The second-order valence-corrected chi connectivity index (χ2v) is 5.07. The van der Waals surface area contributed by atoms with Gasteiger partial charge < -0.3 is 4.74 Å². The summed E-state index contributed by atoms with van der Waals surface area (Å²) < 4.78 is 4.52. The zero-order valence-corrected chi connectivity index (χ0v) is 9.68. The molecular formula is C11H18O2S. The Bertz CT molecular complexity index is 213. The average molecular weight is 214 g/mol. The van der Waals surface area contributed by atoms with E-state index < -0.39 is 0 Å². The number of ether oxygens (including phenoxy) is 1. The first kappa shape index (κ1) is 11.6. The van der Waals surface area contributed by atoms with E-state index in [1.54, 1.807) is 11.8 Å². The standard InChI is InChI=1S/C11H18O2S/c1-9-4-3-5-10(8-9)14-7-6-11(12)13-2/h6-7,9-10H,3-5,8H2,1-2H3. The van der Waals surface area contributed by atoms with Crippen LogP contribution in [0.5, 0.6) is 0 Å². The first-order valence-electron chi connectivity index (χ1n) is 5.12. The molecule has 0 heterocycles. The molecule has 0 saturated heterocycles. The van der Waals surface area contributed by atoms with Crippen molar-refractivity contribution >= 4 is 17.7 Å². The average Bonchev–Trinajstić information content (AvgIpc) is 2.17. The van der Waals surface area contributed by atoms with Gasteiger partial charge in [-0.05, 0) is 24.2 Å². The molecule has 0 aromatic rings. The molecule has 0 aromatic heterocycles. The summed E-state index contributed by atoms with van der Waals surface area (Å²) in [6.45, 7) is 2.30. The van der Waals surface area contributed by atoms with E-state index >= 15 is 0 Å². The summed E-state index contributed by atoms with van der Waals surface area (Å²) >= 11 is 1.76. The monoisotopic (exact) mass is 214 g/mol. The molecule has 80 valence electrons. The van der Waals surface area contributed by atoms with E-state index in [1.807, 2.05) is 5.41 Å². The van der Waals surface area contributed by atoms with Gasteiger partial charge in [0.1, 0.15) is 0 Å². The maximum atomic E-state index is 10.8. The number of methoxy groups -OCH3 is 1. The molecule has 0 amide bonds. The fourth-order valence-corrected chi connectivity index (χ4v) is 2.93. The number of thioether (sulfide) groups is 1. The van der Waals surface area contributed by atoms with Gasteiger partial charge in [0.25, 0.3) is 0 Å². The number of rotatable bonds is 3. The Morgan fingerprint density at radius 3 is 2.93 bits per heavy atom. The van der Waals surface area contributed by atoms with Crippen molar-refractivity contribution in [2.24, 2.45) is 5.92 Å².